The third kappa shape index (κ3) is 1.03. The summed E-state index contributed by atoms with van der Waals surface area (Å²) in [5, 5.41) is 5.74. The highest BCUT2D eigenvalue weighted by Crippen LogP contribution is 2.58. The molecule has 66 valence electrons. The van der Waals surface area contributed by atoms with Crippen LogP contribution in [0.3, 0.4) is 0 Å². The molecular weight excluding hydrogens is 154 g/mol. The maximum Gasteiger partial charge on any atom is 0.0394 e. The van der Waals surface area contributed by atoms with E-state index < -0.39 is 0 Å². The van der Waals surface area contributed by atoms with Crippen LogP contribution in [0.5, 0.6) is 0 Å². The van der Waals surface area contributed by atoms with Crippen LogP contribution < -0.4 is 5.32 Å². The first kappa shape index (κ1) is 7.93. The van der Waals surface area contributed by atoms with Crippen LogP contribution in [0.25, 0.3) is 0 Å². The molecule has 0 amide bonds. The topological polar surface area (TPSA) is 12.0 Å². The summed E-state index contributed by atoms with van der Waals surface area (Å²) in [5.74, 6) is 2.54. The van der Waals surface area contributed by atoms with Crippen LogP contribution in [0.15, 0.2) is 0 Å². The lowest BCUT2D eigenvalue weighted by molar-refractivity contribution is 0.389. The molecule has 11 heavy (non-hydrogen) atoms. The minimum Gasteiger partial charge on any atom is -0.306 e. The highest BCUT2D eigenvalue weighted by atomic mass is 32.2. The van der Waals surface area contributed by atoms with Crippen LogP contribution in [-0.2, 0) is 0 Å². The van der Waals surface area contributed by atoms with Gasteiger partial charge in [0.2, 0.25) is 0 Å². The monoisotopic (exact) mass is 173 g/mol. The van der Waals surface area contributed by atoms with Crippen LogP contribution in [0.2, 0.25) is 0 Å². The molecule has 0 spiro atoms. The Kier molecular flexibility index (Phi) is 2.15. The number of rotatable bonds is 2. The first-order valence-electron chi connectivity index (χ1n) is 4.87. The van der Waals surface area contributed by atoms with Gasteiger partial charge in [0.1, 0.15) is 0 Å². The summed E-state index contributed by atoms with van der Waals surface area (Å²) in [5.41, 5.74) is 0. The molecule has 0 aliphatic carbocycles. The summed E-state index contributed by atoms with van der Waals surface area (Å²) in [6.07, 6.45) is 2.83. The SMILES string of the molecule is CCC1C(CC)[SH]2CCNC12. The Morgan fingerprint density at radius 1 is 1.36 bits per heavy atom. The van der Waals surface area contributed by atoms with Crippen molar-refractivity contribution >= 4 is 10.9 Å². The Balaban J connectivity index is 2.00. The third-order valence-corrected chi connectivity index (χ3v) is 6.92. The lowest BCUT2D eigenvalue weighted by atomic mass is 9.98. The smallest absolute Gasteiger partial charge is 0.0394 e. The predicted molar refractivity (Wildman–Crippen MR) is 53.5 cm³/mol. The molecule has 0 aromatic carbocycles. The van der Waals surface area contributed by atoms with Gasteiger partial charge < -0.3 is 5.32 Å². The molecule has 2 rings (SSSR count). The second kappa shape index (κ2) is 2.98. The van der Waals surface area contributed by atoms with Gasteiger partial charge in [-0.3, -0.25) is 0 Å². The Hall–Kier alpha value is 0.310. The summed E-state index contributed by atoms with van der Waals surface area (Å²) in [6, 6.07) is 0. The zero-order valence-corrected chi connectivity index (χ0v) is 8.40. The molecular formula is C9H19NS. The highest BCUT2D eigenvalue weighted by molar-refractivity contribution is 8.19. The molecule has 2 fully saturated rings. The summed E-state index contributed by atoms with van der Waals surface area (Å²) in [4.78, 5) is 0. The fourth-order valence-electron chi connectivity index (χ4n) is 2.75. The molecule has 2 heterocycles. The van der Waals surface area contributed by atoms with Crippen molar-refractivity contribution < 1.29 is 0 Å². The van der Waals surface area contributed by atoms with Gasteiger partial charge in [-0.2, -0.15) is 0 Å². The molecule has 4 atom stereocenters. The van der Waals surface area contributed by atoms with Gasteiger partial charge in [-0.15, -0.1) is 0 Å². The van der Waals surface area contributed by atoms with Gasteiger partial charge in [0.25, 0.3) is 0 Å². The fraction of sp³-hybridized carbons (Fsp3) is 1.00. The summed E-state index contributed by atoms with van der Waals surface area (Å²) < 4.78 is 0. The number of nitrogens with one attached hydrogen (secondary N) is 1. The van der Waals surface area contributed by atoms with E-state index in [-0.39, 0.29) is 0 Å². The molecule has 0 bridgehead atoms. The maximum atomic E-state index is 3.65. The van der Waals surface area contributed by atoms with Crippen molar-refractivity contribution in [1.82, 2.24) is 5.32 Å². The zero-order chi connectivity index (χ0) is 7.84. The Bertz CT molecular complexity index is 132. The molecule has 2 aliphatic rings. The third-order valence-electron chi connectivity index (χ3n) is 3.30. The number of thiol groups is 1. The predicted octanol–water partition coefficient (Wildman–Crippen LogP) is 1.74. The molecule has 4 unspecified atom stereocenters. The van der Waals surface area contributed by atoms with E-state index in [1.54, 1.807) is 0 Å². The van der Waals surface area contributed by atoms with Crippen molar-refractivity contribution in [3.05, 3.63) is 0 Å². The highest BCUT2D eigenvalue weighted by Gasteiger charge is 2.47. The molecule has 0 radical (unpaired) electrons. The standard InChI is InChI=1S/C9H19NS/c1-3-7-8(4-2)11-6-5-10-9(7)11/h7-11H,3-6H2,1-2H3. The maximum absolute atomic E-state index is 3.65. The van der Waals surface area contributed by atoms with E-state index >= 15 is 0 Å². The Morgan fingerprint density at radius 2 is 2.18 bits per heavy atom. The van der Waals surface area contributed by atoms with Gasteiger partial charge >= 0.3 is 0 Å². The molecule has 2 saturated heterocycles. The second-order valence-corrected chi connectivity index (χ2v) is 6.38. The van der Waals surface area contributed by atoms with Crippen molar-refractivity contribution in [3.63, 3.8) is 0 Å². The van der Waals surface area contributed by atoms with Crippen molar-refractivity contribution in [3.8, 4) is 0 Å². The summed E-state index contributed by atoms with van der Waals surface area (Å²) in [6.45, 7) is 6.02. The van der Waals surface area contributed by atoms with E-state index in [1.165, 1.54) is 25.1 Å². The van der Waals surface area contributed by atoms with E-state index in [0.717, 1.165) is 16.5 Å². The van der Waals surface area contributed by atoms with Crippen LogP contribution in [0.1, 0.15) is 26.7 Å². The van der Waals surface area contributed by atoms with Gasteiger partial charge in [0.05, 0.1) is 0 Å². The number of hydrogen-bond donors (Lipinski definition) is 2. The van der Waals surface area contributed by atoms with Crippen LogP contribution in [0, 0.1) is 5.92 Å². The van der Waals surface area contributed by atoms with Gasteiger partial charge in [0.15, 0.2) is 0 Å². The first-order valence-corrected chi connectivity index (χ1v) is 6.54. The lowest BCUT2D eigenvalue weighted by Crippen LogP contribution is -2.47. The van der Waals surface area contributed by atoms with E-state index in [2.05, 4.69) is 19.2 Å². The number of fused-ring (bicyclic) bond motifs is 1. The lowest BCUT2D eigenvalue weighted by Gasteiger charge is -2.51. The number of hydrogen-bond acceptors (Lipinski definition) is 1. The summed E-state index contributed by atoms with van der Waals surface area (Å²) >= 11 is 0. The van der Waals surface area contributed by atoms with Gasteiger partial charge in [-0.1, -0.05) is 20.3 Å². The average molecular weight is 173 g/mol. The quantitative estimate of drug-likeness (QED) is 0.606. The van der Waals surface area contributed by atoms with Crippen LogP contribution in [0.4, 0.5) is 0 Å². The van der Waals surface area contributed by atoms with Gasteiger partial charge in [0, 0.05) is 11.9 Å². The van der Waals surface area contributed by atoms with Gasteiger partial charge in [-0.25, -0.2) is 10.9 Å². The second-order valence-electron chi connectivity index (χ2n) is 3.68. The Morgan fingerprint density at radius 3 is 2.82 bits per heavy atom. The largest absolute Gasteiger partial charge is 0.306 e. The molecule has 1 N–H and O–H groups in total. The molecule has 0 saturated carbocycles. The van der Waals surface area contributed by atoms with Gasteiger partial charge in [-0.05, 0) is 23.3 Å². The molecule has 0 aromatic heterocycles. The fourth-order valence-corrected chi connectivity index (χ4v) is 6.48. The normalized spacial score (nSPS) is 51.8. The minimum atomic E-state index is 0.435. The van der Waals surface area contributed by atoms with Crippen molar-refractivity contribution in [2.75, 3.05) is 12.3 Å². The minimum absolute atomic E-state index is 0.435. The molecule has 2 aliphatic heterocycles. The van der Waals surface area contributed by atoms with Crippen molar-refractivity contribution in [1.29, 1.82) is 0 Å². The first-order chi connectivity index (χ1) is 5.38. The van der Waals surface area contributed by atoms with Crippen LogP contribution >= 0.6 is 10.9 Å². The van der Waals surface area contributed by atoms with Crippen molar-refractivity contribution in [2.45, 2.75) is 37.3 Å². The zero-order valence-electron chi connectivity index (χ0n) is 7.51. The van der Waals surface area contributed by atoms with E-state index in [0.29, 0.717) is 10.9 Å². The van der Waals surface area contributed by atoms with Crippen LogP contribution in [-0.4, -0.2) is 22.9 Å². The molecule has 1 nitrogen and oxygen atoms in total. The van der Waals surface area contributed by atoms with E-state index in [4.69, 9.17) is 0 Å². The Labute approximate surface area is 72.3 Å². The van der Waals surface area contributed by atoms with E-state index in [1.807, 2.05) is 0 Å². The molecule has 0 aromatic rings. The average Bonchev–Trinajstić information content (AvgIpc) is 2.36. The van der Waals surface area contributed by atoms with Crippen molar-refractivity contribution in [2.24, 2.45) is 5.92 Å². The van der Waals surface area contributed by atoms with E-state index in [9.17, 15) is 0 Å². The summed E-state index contributed by atoms with van der Waals surface area (Å²) in [7, 11) is 0.435. The molecule has 2 heteroatoms.